The number of carboxylic acid groups (broad SMARTS) is 1. The van der Waals surface area contributed by atoms with Crippen molar-refractivity contribution < 1.29 is 19.5 Å². The molecule has 1 aliphatic heterocycles. The van der Waals surface area contributed by atoms with Gasteiger partial charge in [0.2, 0.25) is 5.91 Å². The predicted molar refractivity (Wildman–Crippen MR) is 60.1 cm³/mol. The van der Waals surface area contributed by atoms with Crippen LogP contribution in [0.4, 0.5) is 0 Å². The van der Waals surface area contributed by atoms with Gasteiger partial charge < -0.3 is 10.0 Å². The van der Waals surface area contributed by atoms with Crippen molar-refractivity contribution >= 4 is 29.4 Å². The van der Waals surface area contributed by atoms with Crippen molar-refractivity contribution in [3.05, 3.63) is 0 Å². The summed E-state index contributed by atoms with van der Waals surface area (Å²) in [5.41, 5.74) is 0. The van der Waals surface area contributed by atoms with Crippen molar-refractivity contribution in [2.45, 2.75) is 38.1 Å². The molecular weight excluding hydrogens is 230 g/mol. The number of nitrogens with zero attached hydrogens (tertiary/aromatic N) is 1. The number of carboxylic acids is 1. The number of carbonyl (C=O) groups excluding carboxylic acids is 2. The van der Waals surface area contributed by atoms with E-state index in [1.807, 2.05) is 0 Å². The molecule has 0 aromatic carbocycles. The van der Waals surface area contributed by atoms with Gasteiger partial charge in [0.1, 0.15) is 10.9 Å². The second-order valence-corrected chi connectivity index (χ2v) is 5.23. The number of aliphatic carboxylic acids is 1. The number of hydrogen-bond donors (Lipinski definition) is 1. The Balaban J connectivity index is 3.09. The fraction of sp³-hybridized carbons (Fsp3) is 0.700. The molecule has 1 fully saturated rings. The van der Waals surface area contributed by atoms with Crippen LogP contribution in [0.2, 0.25) is 0 Å². The Kier molecular flexibility index (Phi) is 3.62. The number of ketones is 1. The number of rotatable bonds is 3. The van der Waals surface area contributed by atoms with Crippen LogP contribution in [0.15, 0.2) is 0 Å². The second kappa shape index (κ2) is 4.45. The van der Waals surface area contributed by atoms with Gasteiger partial charge >= 0.3 is 5.97 Å². The minimum Gasteiger partial charge on any atom is -0.480 e. The van der Waals surface area contributed by atoms with Gasteiger partial charge in [-0.3, -0.25) is 9.59 Å². The molecule has 1 amide bonds. The average Bonchev–Trinajstić information content (AvgIpc) is 2.56. The summed E-state index contributed by atoms with van der Waals surface area (Å²) in [7, 11) is 0. The van der Waals surface area contributed by atoms with Crippen molar-refractivity contribution in [3.63, 3.8) is 0 Å². The third-order valence-corrected chi connectivity index (χ3v) is 4.23. The number of hydrogen-bond acceptors (Lipinski definition) is 4. The van der Waals surface area contributed by atoms with E-state index in [1.165, 1.54) is 23.6 Å². The fourth-order valence-corrected chi connectivity index (χ4v) is 3.40. The lowest BCUT2D eigenvalue weighted by Gasteiger charge is -2.33. The van der Waals surface area contributed by atoms with Gasteiger partial charge in [-0.05, 0) is 6.92 Å². The molecule has 1 heterocycles. The van der Waals surface area contributed by atoms with Gasteiger partial charge in [-0.2, -0.15) is 0 Å². The van der Waals surface area contributed by atoms with E-state index in [9.17, 15) is 14.4 Å². The molecule has 0 bridgehead atoms. The first-order valence-electron chi connectivity index (χ1n) is 5.04. The summed E-state index contributed by atoms with van der Waals surface area (Å²) in [5, 5.41) is 9.00. The molecule has 1 N–H and O–H groups in total. The summed E-state index contributed by atoms with van der Waals surface area (Å²) in [4.78, 5) is 34.5. The van der Waals surface area contributed by atoms with E-state index in [1.54, 1.807) is 13.8 Å². The lowest BCUT2D eigenvalue weighted by atomic mass is 10.1. The van der Waals surface area contributed by atoms with Crippen LogP contribution in [0, 0.1) is 0 Å². The average molecular weight is 245 g/mol. The SMILES string of the molecule is CCC(=O)C1(C)SCC(C(=O)O)N1C(C)=O. The fourth-order valence-electron chi connectivity index (χ4n) is 1.93. The van der Waals surface area contributed by atoms with Crippen molar-refractivity contribution in [2.24, 2.45) is 0 Å². The van der Waals surface area contributed by atoms with Gasteiger partial charge in [0, 0.05) is 19.1 Å². The summed E-state index contributed by atoms with van der Waals surface area (Å²) >= 11 is 1.22. The molecule has 6 heteroatoms. The van der Waals surface area contributed by atoms with Crippen LogP contribution in [0.3, 0.4) is 0 Å². The van der Waals surface area contributed by atoms with Gasteiger partial charge in [-0.25, -0.2) is 4.79 Å². The molecule has 0 aromatic rings. The van der Waals surface area contributed by atoms with Crippen molar-refractivity contribution in [2.75, 3.05) is 5.75 Å². The van der Waals surface area contributed by atoms with Crippen molar-refractivity contribution in [3.8, 4) is 0 Å². The third-order valence-electron chi connectivity index (χ3n) is 2.76. The van der Waals surface area contributed by atoms with Crippen LogP contribution in [0.1, 0.15) is 27.2 Å². The van der Waals surface area contributed by atoms with Crippen LogP contribution in [0.5, 0.6) is 0 Å². The zero-order chi connectivity index (χ0) is 12.5. The van der Waals surface area contributed by atoms with Crippen LogP contribution in [-0.2, 0) is 14.4 Å². The summed E-state index contributed by atoms with van der Waals surface area (Å²) in [6.07, 6.45) is 0.291. The monoisotopic (exact) mass is 245 g/mol. The molecular formula is C10H15NO4S. The standard InChI is InChI=1S/C10H15NO4S/c1-4-8(13)10(3)11(6(2)12)7(5-16-10)9(14)15/h7H,4-5H2,1-3H3,(H,14,15). The maximum Gasteiger partial charge on any atom is 0.327 e. The summed E-state index contributed by atoms with van der Waals surface area (Å²) in [6.45, 7) is 4.62. The first-order valence-corrected chi connectivity index (χ1v) is 6.03. The first-order chi connectivity index (χ1) is 7.34. The minimum atomic E-state index is -1.06. The van der Waals surface area contributed by atoms with Crippen molar-refractivity contribution in [1.82, 2.24) is 4.90 Å². The molecule has 90 valence electrons. The normalized spacial score (nSPS) is 29.2. The Bertz CT molecular complexity index is 344. The van der Waals surface area contributed by atoms with E-state index in [-0.39, 0.29) is 17.4 Å². The molecule has 5 nitrogen and oxygen atoms in total. The van der Waals surface area contributed by atoms with Crippen LogP contribution in [-0.4, -0.2) is 44.3 Å². The maximum absolute atomic E-state index is 11.8. The van der Waals surface area contributed by atoms with Gasteiger partial charge in [0.25, 0.3) is 0 Å². The number of Topliss-reactive ketones (excluding diaryl/α,β-unsaturated/α-hetero) is 1. The molecule has 0 aliphatic carbocycles. The lowest BCUT2D eigenvalue weighted by molar-refractivity contribution is -0.152. The molecule has 0 spiro atoms. The maximum atomic E-state index is 11.8. The highest BCUT2D eigenvalue weighted by molar-refractivity contribution is 8.01. The molecule has 16 heavy (non-hydrogen) atoms. The first kappa shape index (κ1) is 13.0. The highest BCUT2D eigenvalue weighted by Gasteiger charge is 2.51. The van der Waals surface area contributed by atoms with Gasteiger partial charge in [0.15, 0.2) is 5.78 Å². The third kappa shape index (κ3) is 1.93. The molecule has 1 aliphatic rings. The van der Waals surface area contributed by atoms with E-state index in [2.05, 4.69) is 0 Å². The number of carbonyl (C=O) groups is 3. The second-order valence-electron chi connectivity index (χ2n) is 3.81. The highest BCUT2D eigenvalue weighted by Crippen LogP contribution is 2.40. The smallest absolute Gasteiger partial charge is 0.327 e. The molecule has 1 saturated heterocycles. The Morgan fingerprint density at radius 3 is 2.44 bits per heavy atom. The molecule has 2 atom stereocenters. The molecule has 2 unspecified atom stereocenters. The number of thioether (sulfide) groups is 1. The Morgan fingerprint density at radius 2 is 2.06 bits per heavy atom. The molecule has 0 radical (unpaired) electrons. The van der Waals surface area contributed by atoms with E-state index >= 15 is 0 Å². The van der Waals surface area contributed by atoms with E-state index < -0.39 is 16.9 Å². The highest BCUT2D eigenvalue weighted by atomic mass is 32.2. The van der Waals surface area contributed by atoms with Crippen LogP contribution >= 0.6 is 11.8 Å². The van der Waals surface area contributed by atoms with E-state index in [4.69, 9.17) is 5.11 Å². The van der Waals surface area contributed by atoms with Crippen LogP contribution < -0.4 is 0 Å². The van der Waals surface area contributed by atoms with Crippen LogP contribution in [0.25, 0.3) is 0 Å². The topological polar surface area (TPSA) is 74.7 Å². The minimum absolute atomic E-state index is 0.114. The summed E-state index contributed by atoms with van der Waals surface area (Å²) in [6, 6.07) is -0.900. The molecule has 0 saturated carbocycles. The Morgan fingerprint density at radius 1 is 1.50 bits per heavy atom. The lowest BCUT2D eigenvalue weighted by Crippen LogP contribution is -2.53. The van der Waals surface area contributed by atoms with Gasteiger partial charge in [-0.1, -0.05) is 6.92 Å². The zero-order valence-corrected chi connectivity index (χ0v) is 10.3. The van der Waals surface area contributed by atoms with Gasteiger partial charge in [-0.15, -0.1) is 11.8 Å². The summed E-state index contributed by atoms with van der Waals surface area (Å²) in [5.74, 6) is -1.29. The summed E-state index contributed by atoms with van der Waals surface area (Å²) < 4.78 is 0. The Hall–Kier alpha value is -1.04. The molecule has 0 aromatic heterocycles. The largest absolute Gasteiger partial charge is 0.480 e. The van der Waals surface area contributed by atoms with E-state index in [0.717, 1.165) is 0 Å². The van der Waals surface area contributed by atoms with Crippen molar-refractivity contribution in [1.29, 1.82) is 0 Å². The Labute approximate surface area is 98.2 Å². The quantitative estimate of drug-likeness (QED) is 0.793. The predicted octanol–water partition coefficient (Wildman–Crippen LogP) is 0.730. The molecule has 1 rings (SSSR count). The van der Waals surface area contributed by atoms with E-state index in [0.29, 0.717) is 6.42 Å². The number of amides is 1. The zero-order valence-electron chi connectivity index (χ0n) is 9.52. The van der Waals surface area contributed by atoms with Gasteiger partial charge in [0.05, 0.1) is 0 Å².